The predicted molar refractivity (Wildman–Crippen MR) is 201 cm³/mol. The fourth-order valence-corrected chi connectivity index (χ4v) is 8.57. The molecule has 2 aromatic heterocycles. The molecule has 218 valence electrons. The Bertz CT molecular complexity index is 2550. The summed E-state index contributed by atoms with van der Waals surface area (Å²) in [6.45, 7) is 0. The fraction of sp³-hybridized carbons (Fsp3) is 0. The van der Waals surface area contributed by atoms with Crippen molar-refractivity contribution in [3.63, 3.8) is 0 Å². The average Bonchev–Trinajstić information content (AvgIpc) is 3.65. The van der Waals surface area contributed by atoms with E-state index in [1.54, 1.807) is 0 Å². The third kappa shape index (κ3) is 4.29. The Morgan fingerprint density at radius 3 is 1.98 bits per heavy atom. The van der Waals surface area contributed by atoms with Crippen molar-refractivity contribution in [2.24, 2.45) is 0 Å². The molecule has 0 aliphatic rings. The van der Waals surface area contributed by atoms with E-state index in [1.165, 1.54) is 42.0 Å². The largest absolute Gasteiger partial charge is 0.310 e. The number of nitrogens with zero attached hydrogens (tertiary/aromatic N) is 2. The van der Waals surface area contributed by atoms with Crippen LogP contribution < -0.4 is 4.90 Å². The van der Waals surface area contributed by atoms with Gasteiger partial charge in [-0.1, -0.05) is 125 Å². The third-order valence-electron chi connectivity index (χ3n) is 8.85. The van der Waals surface area contributed by atoms with Gasteiger partial charge in [-0.15, -0.1) is 11.3 Å². The Hall–Kier alpha value is -5.16. The molecule has 0 aliphatic heterocycles. The van der Waals surface area contributed by atoms with E-state index in [-0.39, 0.29) is 0 Å². The Labute approximate surface area is 279 Å². The molecular weight excluding hydrogens is 644 g/mol. The summed E-state index contributed by atoms with van der Waals surface area (Å²) < 4.78 is 6.17. The zero-order chi connectivity index (χ0) is 30.6. The summed E-state index contributed by atoms with van der Waals surface area (Å²) in [5.41, 5.74) is 9.25. The van der Waals surface area contributed by atoms with Gasteiger partial charge >= 0.3 is 0 Å². The van der Waals surface area contributed by atoms with Crippen molar-refractivity contribution in [3.05, 3.63) is 168 Å². The number of rotatable bonds is 5. The predicted octanol–water partition coefficient (Wildman–Crippen LogP) is 13.1. The van der Waals surface area contributed by atoms with Gasteiger partial charge in [-0.3, -0.25) is 0 Å². The van der Waals surface area contributed by atoms with Gasteiger partial charge in [0.1, 0.15) is 0 Å². The molecule has 9 aromatic rings. The SMILES string of the molecule is Brc1ccccc1-c1ccccc1N(c1ccccc1)c1ccc2c3ccc4c5ccccc5sc4c3n(-c3ccccc3)c2c1. The summed E-state index contributed by atoms with van der Waals surface area (Å²) >= 11 is 5.71. The first-order valence-corrected chi connectivity index (χ1v) is 17.0. The number of anilines is 3. The molecule has 0 atom stereocenters. The molecule has 0 aliphatic carbocycles. The van der Waals surface area contributed by atoms with Gasteiger partial charge in [0.05, 0.1) is 21.4 Å². The Balaban J connectivity index is 1.36. The van der Waals surface area contributed by atoms with Crippen molar-refractivity contribution in [1.29, 1.82) is 0 Å². The highest BCUT2D eigenvalue weighted by atomic mass is 79.9. The topological polar surface area (TPSA) is 8.17 Å². The number of halogens is 1. The molecule has 9 rings (SSSR count). The minimum Gasteiger partial charge on any atom is -0.310 e. The van der Waals surface area contributed by atoms with Gasteiger partial charge in [0.25, 0.3) is 0 Å². The minimum atomic E-state index is 1.07. The summed E-state index contributed by atoms with van der Waals surface area (Å²) in [6, 6.07) is 58.9. The quantitative estimate of drug-likeness (QED) is 0.177. The van der Waals surface area contributed by atoms with Crippen LogP contribution in [0.2, 0.25) is 0 Å². The molecule has 46 heavy (non-hydrogen) atoms. The van der Waals surface area contributed by atoms with Gasteiger partial charge in [-0.05, 0) is 60.2 Å². The lowest BCUT2D eigenvalue weighted by atomic mass is 10.0. The lowest BCUT2D eigenvalue weighted by Gasteiger charge is -2.28. The molecular formula is C42H27BrN2S. The van der Waals surface area contributed by atoms with Crippen molar-refractivity contribution < 1.29 is 0 Å². The lowest BCUT2D eigenvalue weighted by molar-refractivity contribution is 1.18. The first-order chi connectivity index (χ1) is 22.8. The monoisotopic (exact) mass is 670 g/mol. The van der Waals surface area contributed by atoms with E-state index in [0.717, 1.165) is 38.3 Å². The van der Waals surface area contributed by atoms with Gasteiger partial charge < -0.3 is 9.47 Å². The second-order valence-corrected chi connectivity index (χ2v) is 13.4. The van der Waals surface area contributed by atoms with Crippen LogP contribution in [-0.4, -0.2) is 4.57 Å². The van der Waals surface area contributed by atoms with E-state index in [1.807, 2.05) is 11.3 Å². The maximum absolute atomic E-state index is 3.83. The number of thiophene rings is 1. The summed E-state index contributed by atoms with van der Waals surface area (Å²) in [5, 5.41) is 5.13. The average molecular weight is 672 g/mol. The highest BCUT2D eigenvalue weighted by Crippen LogP contribution is 2.46. The Morgan fingerprint density at radius 1 is 0.500 bits per heavy atom. The van der Waals surface area contributed by atoms with Crippen LogP contribution in [0.4, 0.5) is 17.1 Å². The van der Waals surface area contributed by atoms with Gasteiger partial charge in [-0.25, -0.2) is 0 Å². The van der Waals surface area contributed by atoms with Crippen LogP contribution in [0.1, 0.15) is 0 Å². The van der Waals surface area contributed by atoms with E-state index < -0.39 is 0 Å². The summed E-state index contributed by atoms with van der Waals surface area (Å²) in [7, 11) is 0. The molecule has 0 radical (unpaired) electrons. The van der Waals surface area contributed by atoms with Crippen molar-refractivity contribution in [3.8, 4) is 16.8 Å². The maximum atomic E-state index is 3.83. The van der Waals surface area contributed by atoms with Crippen LogP contribution >= 0.6 is 27.3 Å². The maximum Gasteiger partial charge on any atom is 0.0719 e. The molecule has 0 fully saturated rings. The molecule has 0 saturated carbocycles. The number of benzene rings is 7. The number of hydrogen-bond acceptors (Lipinski definition) is 2. The molecule has 0 N–H and O–H groups in total. The van der Waals surface area contributed by atoms with E-state index in [2.05, 4.69) is 189 Å². The van der Waals surface area contributed by atoms with Crippen LogP contribution in [-0.2, 0) is 0 Å². The van der Waals surface area contributed by atoms with E-state index in [4.69, 9.17) is 0 Å². The molecule has 0 unspecified atom stereocenters. The molecule has 2 nitrogen and oxygen atoms in total. The first kappa shape index (κ1) is 27.2. The molecule has 0 bridgehead atoms. The van der Waals surface area contributed by atoms with Gasteiger partial charge in [0.2, 0.25) is 0 Å². The van der Waals surface area contributed by atoms with Crippen molar-refractivity contribution in [2.45, 2.75) is 0 Å². The normalized spacial score (nSPS) is 11.6. The number of fused-ring (bicyclic) bond motifs is 7. The zero-order valence-electron chi connectivity index (χ0n) is 24.8. The van der Waals surface area contributed by atoms with Gasteiger partial charge in [0, 0.05) is 53.3 Å². The highest BCUT2D eigenvalue weighted by molar-refractivity contribution is 9.10. The van der Waals surface area contributed by atoms with Crippen LogP contribution in [0.5, 0.6) is 0 Å². The smallest absolute Gasteiger partial charge is 0.0719 e. The molecule has 0 amide bonds. The molecule has 0 saturated heterocycles. The second-order valence-electron chi connectivity index (χ2n) is 11.5. The van der Waals surface area contributed by atoms with Crippen molar-refractivity contribution in [2.75, 3.05) is 4.90 Å². The number of hydrogen-bond donors (Lipinski definition) is 0. The number of para-hydroxylation sites is 3. The lowest BCUT2D eigenvalue weighted by Crippen LogP contribution is -2.11. The minimum absolute atomic E-state index is 1.07. The molecule has 7 aromatic carbocycles. The van der Waals surface area contributed by atoms with Crippen LogP contribution in [0, 0.1) is 0 Å². The van der Waals surface area contributed by atoms with Gasteiger partial charge in [0.15, 0.2) is 0 Å². The number of aromatic nitrogens is 1. The summed E-state index contributed by atoms with van der Waals surface area (Å²) in [5.74, 6) is 0. The van der Waals surface area contributed by atoms with Crippen molar-refractivity contribution in [1.82, 2.24) is 4.57 Å². The van der Waals surface area contributed by atoms with Crippen LogP contribution in [0.3, 0.4) is 0 Å². The zero-order valence-corrected chi connectivity index (χ0v) is 27.2. The fourth-order valence-electron chi connectivity index (χ4n) is 6.83. The Kier molecular flexibility index (Phi) is 6.51. The third-order valence-corrected chi connectivity index (χ3v) is 10.7. The van der Waals surface area contributed by atoms with Crippen LogP contribution in [0.15, 0.2) is 168 Å². The van der Waals surface area contributed by atoms with Crippen LogP contribution in [0.25, 0.3) is 58.8 Å². The van der Waals surface area contributed by atoms with E-state index in [9.17, 15) is 0 Å². The van der Waals surface area contributed by atoms with E-state index >= 15 is 0 Å². The van der Waals surface area contributed by atoms with Gasteiger partial charge in [-0.2, -0.15) is 0 Å². The standard InChI is InChI=1S/C42H27BrN2S/c43-37-20-10-7-17-31(37)32-18-8-11-21-38(32)44(28-13-3-1-4-14-28)30-23-24-33-35-25-26-36-34-19-9-12-22-40(34)46-42(36)41(35)45(39(33)27-30)29-15-5-2-6-16-29/h1-27H. The molecule has 0 spiro atoms. The van der Waals surface area contributed by atoms with E-state index in [0.29, 0.717) is 0 Å². The summed E-state index contributed by atoms with van der Waals surface area (Å²) in [6.07, 6.45) is 0. The Morgan fingerprint density at radius 2 is 1.15 bits per heavy atom. The summed E-state index contributed by atoms with van der Waals surface area (Å²) in [4.78, 5) is 2.39. The van der Waals surface area contributed by atoms with Crippen molar-refractivity contribution >= 4 is 86.3 Å². The second kappa shape index (κ2) is 11.0. The highest BCUT2D eigenvalue weighted by Gasteiger charge is 2.22. The molecule has 2 heterocycles. The molecule has 4 heteroatoms. The first-order valence-electron chi connectivity index (χ1n) is 15.4.